The first-order chi connectivity index (χ1) is 18.0. The van der Waals surface area contributed by atoms with Crippen LogP contribution in [-0.4, -0.2) is 86.0 Å². The van der Waals surface area contributed by atoms with Crippen molar-refractivity contribution in [2.45, 2.75) is 79.1 Å². The lowest BCUT2D eigenvalue weighted by Gasteiger charge is -2.37. The Labute approximate surface area is 232 Å². The summed E-state index contributed by atoms with van der Waals surface area (Å²) in [5, 5.41) is 0. The highest BCUT2D eigenvalue weighted by molar-refractivity contribution is 7.42. The minimum Gasteiger partial charge on any atom is -0.786 e. The summed E-state index contributed by atoms with van der Waals surface area (Å²) in [6, 6.07) is 0. The van der Waals surface area contributed by atoms with Crippen molar-refractivity contribution < 1.29 is 80.2 Å². The van der Waals surface area contributed by atoms with Crippen LogP contribution in [0.4, 0.5) is 56.9 Å². The summed E-state index contributed by atoms with van der Waals surface area (Å²) < 4.78 is 168. The average Bonchev–Trinajstić information content (AvgIpc) is 2.76. The van der Waals surface area contributed by atoms with Crippen molar-refractivity contribution in [3.05, 3.63) is 0 Å². The van der Waals surface area contributed by atoms with E-state index in [4.69, 9.17) is 14.4 Å². The van der Waals surface area contributed by atoms with E-state index < -0.39 is 57.3 Å². The van der Waals surface area contributed by atoms with E-state index in [2.05, 4.69) is 0 Å². The molecule has 0 amide bonds. The minimum atomic E-state index is -5.64. The highest BCUT2D eigenvalue weighted by atomic mass is 31.2. The first-order valence-corrected chi connectivity index (χ1v) is 14.2. The summed E-state index contributed by atoms with van der Waals surface area (Å²) in [4.78, 5) is 16.9. The molecule has 0 radical (unpaired) electrons. The molecule has 0 heterocycles. The number of alkyl halides is 12. The molecule has 41 heavy (non-hydrogen) atoms. The topological polar surface area (TPSA) is 63.2 Å². The molecule has 0 aromatic carbocycles. The van der Waals surface area contributed by atoms with Crippen LogP contribution in [0, 0.1) is 11.8 Å². The summed E-state index contributed by atoms with van der Waals surface area (Å²) in [5.41, 5.74) is 0. The van der Waals surface area contributed by atoms with Gasteiger partial charge in [0.05, 0.1) is 52.4 Å². The lowest BCUT2D eigenvalue weighted by Crippen LogP contribution is -2.50. The second-order valence-corrected chi connectivity index (χ2v) is 10.2. The number of halogens is 13. The smallest absolute Gasteiger partial charge is 0.400 e. The van der Waals surface area contributed by atoms with Crippen LogP contribution in [0.5, 0.6) is 0 Å². The van der Waals surface area contributed by atoms with Crippen molar-refractivity contribution in [2.75, 3.05) is 52.4 Å². The molecule has 0 saturated carbocycles. The molecule has 0 bridgehead atoms. The zero-order chi connectivity index (χ0) is 33.7. The van der Waals surface area contributed by atoms with Gasteiger partial charge in [-0.25, -0.2) is 4.20 Å². The Morgan fingerprint density at radius 2 is 0.659 bits per heavy atom. The lowest BCUT2D eigenvalue weighted by molar-refractivity contribution is -0.924. The fourth-order valence-corrected chi connectivity index (χ4v) is 4.12. The van der Waals surface area contributed by atoms with Crippen LogP contribution in [0.15, 0.2) is 0 Å². The van der Waals surface area contributed by atoms with Gasteiger partial charge in [-0.05, 0) is 41.5 Å². The van der Waals surface area contributed by atoms with E-state index in [0.29, 0.717) is 39.3 Å². The minimum absolute atomic E-state index is 0.104. The summed E-state index contributed by atoms with van der Waals surface area (Å²) in [6.07, 6.45) is -22.7. The Hall–Kier alpha value is -0.840. The maximum Gasteiger partial charge on any atom is 0.400 e. The van der Waals surface area contributed by atoms with Crippen molar-refractivity contribution in [1.82, 2.24) is 0 Å². The molecule has 0 rings (SSSR count). The SMILES string of the molecule is CC[N+](CC)(CC)CCC(C(F)(F)F)C(F)(F)F.CC[N+](CC)(CC)CCC(C(F)(F)F)C(F)(F)F.O=P([O-])([O-])F. The van der Waals surface area contributed by atoms with E-state index in [0.717, 1.165) is 0 Å². The fourth-order valence-electron chi connectivity index (χ4n) is 4.12. The first kappa shape index (κ1) is 44.6. The molecular formula is C22H40F13N2O3P. The quantitative estimate of drug-likeness (QED) is 0.132. The van der Waals surface area contributed by atoms with Crippen LogP contribution in [0.3, 0.4) is 0 Å². The van der Waals surface area contributed by atoms with E-state index >= 15 is 0 Å². The highest BCUT2D eigenvalue weighted by Gasteiger charge is 2.57. The summed E-state index contributed by atoms with van der Waals surface area (Å²) in [5.74, 6) is -6.43. The van der Waals surface area contributed by atoms with Gasteiger partial charge in [0.2, 0.25) is 0 Å². The van der Waals surface area contributed by atoms with E-state index in [9.17, 15) is 56.9 Å². The highest BCUT2D eigenvalue weighted by Crippen LogP contribution is 2.42. The van der Waals surface area contributed by atoms with E-state index in [1.165, 1.54) is 0 Å². The van der Waals surface area contributed by atoms with Gasteiger partial charge in [-0.2, -0.15) is 52.7 Å². The Morgan fingerprint density at radius 1 is 0.512 bits per heavy atom. The molecule has 0 atom stereocenters. The molecule has 0 aliphatic heterocycles. The summed E-state index contributed by atoms with van der Waals surface area (Å²) >= 11 is 0. The van der Waals surface area contributed by atoms with Gasteiger partial charge in [-0.1, -0.05) is 0 Å². The van der Waals surface area contributed by atoms with Gasteiger partial charge in [0.15, 0.2) is 11.8 Å². The Balaban J connectivity index is -0.000000604. The molecule has 252 valence electrons. The van der Waals surface area contributed by atoms with Crippen molar-refractivity contribution in [3.8, 4) is 0 Å². The number of hydrogen-bond donors (Lipinski definition) is 0. The van der Waals surface area contributed by atoms with Gasteiger partial charge in [0, 0.05) is 12.8 Å². The third-order valence-corrected chi connectivity index (χ3v) is 7.39. The van der Waals surface area contributed by atoms with Crippen LogP contribution >= 0.6 is 7.91 Å². The van der Waals surface area contributed by atoms with E-state index in [1.54, 1.807) is 41.5 Å². The Kier molecular flexibility index (Phi) is 19.0. The van der Waals surface area contributed by atoms with Gasteiger partial charge >= 0.3 is 24.7 Å². The van der Waals surface area contributed by atoms with Gasteiger partial charge in [0.1, 0.15) is 7.91 Å². The molecule has 0 unspecified atom stereocenters. The second-order valence-electron chi connectivity index (χ2n) is 9.31. The molecular weight excluding hydrogens is 618 g/mol. The number of quaternary nitrogens is 2. The molecule has 0 aliphatic rings. The standard InChI is InChI=1S/2C11H20F6N.FH2O3P/c2*1-4-18(5-2,6-3)8-7-9(10(12,13)14)11(15,16)17;1-5(2,3)4/h2*9H,4-8H2,1-3H3;(H2,2,3,4)/q2*+1;/p-2. The largest absolute Gasteiger partial charge is 0.786 e. The number of rotatable bonds is 12. The van der Waals surface area contributed by atoms with Crippen molar-refractivity contribution in [3.63, 3.8) is 0 Å². The lowest BCUT2D eigenvalue weighted by atomic mass is 10.0. The van der Waals surface area contributed by atoms with Crippen LogP contribution in [0.2, 0.25) is 0 Å². The van der Waals surface area contributed by atoms with E-state index in [-0.39, 0.29) is 22.1 Å². The first-order valence-electron chi connectivity index (χ1n) is 12.7. The van der Waals surface area contributed by atoms with Crippen molar-refractivity contribution in [1.29, 1.82) is 0 Å². The fraction of sp³-hybridized carbons (Fsp3) is 1.00. The number of nitrogens with zero attached hydrogens (tertiary/aromatic N) is 2. The average molecular weight is 659 g/mol. The van der Waals surface area contributed by atoms with Crippen LogP contribution in [0.1, 0.15) is 54.4 Å². The molecule has 5 nitrogen and oxygen atoms in total. The molecule has 0 N–H and O–H groups in total. The predicted molar refractivity (Wildman–Crippen MR) is 123 cm³/mol. The molecule has 0 spiro atoms. The van der Waals surface area contributed by atoms with Gasteiger partial charge < -0.3 is 23.3 Å². The predicted octanol–water partition coefficient (Wildman–Crippen LogP) is 6.77. The summed E-state index contributed by atoms with van der Waals surface area (Å²) in [7, 11) is -5.64. The third kappa shape index (κ3) is 19.1. The zero-order valence-corrected chi connectivity index (χ0v) is 24.6. The van der Waals surface area contributed by atoms with Gasteiger partial charge in [-0.3, -0.25) is 0 Å². The maximum absolute atomic E-state index is 12.4. The molecule has 0 fully saturated rings. The molecule has 0 saturated heterocycles. The van der Waals surface area contributed by atoms with E-state index in [1.807, 2.05) is 0 Å². The normalized spacial score (nSPS) is 14.0. The second kappa shape index (κ2) is 17.5. The Bertz CT molecular complexity index is 638. The molecule has 19 heteroatoms. The number of hydrogen-bond acceptors (Lipinski definition) is 3. The van der Waals surface area contributed by atoms with Crippen LogP contribution in [-0.2, 0) is 4.57 Å². The van der Waals surface area contributed by atoms with Crippen molar-refractivity contribution in [2.24, 2.45) is 11.8 Å². The molecule has 0 aromatic rings. The Morgan fingerprint density at radius 3 is 0.756 bits per heavy atom. The zero-order valence-electron chi connectivity index (χ0n) is 23.7. The molecule has 0 aliphatic carbocycles. The monoisotopic (exact) mass is 658 g/mol. The summed E-state index contributed by atoms with van der Waals surface area (Å²) in [6.45, 7) is 13.7. The van der Waals surface area contributed by atoms with Gasteiger partial charge in [0.25, 0.3) is 0 Å². The van der Waals surface area contributed by atoms with Gasteiger partial charge in [-0.15, -0.1) is 0 Å². The maximum atomic E-state index is 12.4. The van der Waals surface area contributed by atoms with Crippen molar-refractivity contribution >= 4 is 7.91 Å². The molecule has 0 aromatic heterocycles. The van der Waals surface area contributed by atoms with Crippen LogP contribution in [0.25, 0.3) is 0 Å². The third-order valence-electron chi connectivity index (χ3n) is 7.39. The van der Waals surface area contributed by atoms with Crippen LogP contribution < -0.4 is 9.79 Å².